The Morgan fingerprint density at radius 2 is 1.68 bits per heavy atom. The molecule has 3 N–H and O–H groups in total. The maximum absolute atomic E-state index is 9.72. The van der Waals surface area contributed by atoms with Gasteiger partial charge in [0.2, 0.25) is 0 Å². The highest BCUT2D eigenvalue weighted by atomic mass is 32.1. The highest BCUT2D eigenvalue weighted by Crippen LogP contribution is 2.29. The molecule has 0 atom stereocenters. The molecule has 0 fully saturated rings. The molecule has 0 aliphatic heterocycles. The number of nitrogens with one attached hydrogen (secondary N) is 2. The van der Waals surface area contributed by atoms with Crippen molar-refractivity contribution >= 4 is 29.2 Å². The molecule has 0 saturated heterocycles. The molecule has 0 bridgehead atoms. The largest absolute Gasteiger partial charge is 0.504 e. The van der Waals surface area contributed by atoms with Crippen LogP contribution in [-0.2, 0) is 0 Å². The van der Waals surface area contributed by atoms with E-state index in [2.05, 4.69) is 15.8 Å². The second-order valence-electron chi connectivity index (χ2n) is 4.83. The SMILES string of the molecule is COc1ccc(/C=N/NC(=S)Nc2ccc(OC)c(OC)c2)cc1O. The van der Waals surface area contributed by atoms with Crippen molar-refractivity contribution in [2.24, 2.45) is 5.10 Å². The summed E-state index contributed by atoms with van der Waals surface area (Å²) in [6.45, 7) is 0. The van der Waals surface area contributed by atoms with Gasteiger partial charge in [0.25, 0.3) is 0 Å². The van der Waals surface area contributed by atoms with Crippen molar-refractivity contribution in [3.05, 3.63) is 42.0 Å². The Bertz CT molecular complexity index is 780. The minimum absolute atomic E-state index is 0.0393. The molecule has 0 heterocycles. The smallest absolute Gasteiger partial charge is 0.191 e. The van der Waals surface area contributed by atoms with E-state index in [4.69, 9.17) is 26.4 Å². The number of aromatic hydroxyl groups is 1. The van der Waals surface area contributed by atoms with Crippen molar-refractivity contribution in [1.82, 2.24) is 5.43 Å². The van der Waals surface area contributed by atoms with Crippen LogP contribution in [0.4, 0.5) is 5.69 Å². The van der Waals surface area contributed by atoms with Crippen LogP contribution < -0.4 is 25.0 Å². The van der Waals surface area contributed by atoms with Crippen molar-refractivity contribution in [2.45, 2.75) is 0 Å². The van der Waals surface area contributed by atoms with E-state index in [-0.39, 0.29) is 5.75 Å². The molecule has 2 aromatic carbocycles. The van der Waals surface area contributed by atoms with Gasteiger partial charge in [0.1, 0.15) is 0 Å². The van der Waals surface area contributed by atoms with Gasteiger partial charge < -0.3 is 24.6 Å². The number of thiocarbonyl (C=S) groups is 1. The van der Waals surface area contributed by atoms with Crippen LogP contribution in [-0.4, -0.2) is 37.8 Å². The van der Waals surface area contributed by atoms with Crippen LogP contribution in [0.1, 0.15) is 5.56 Å². The van der Waals surface area contributed by atoms with Gasteiger partial charge in [-0.25, -0.2) is 0 Å². The molecule has 0 saturated carbocycles. The lowest BCUT2D eigenvalue weighted by atomic mass is 10.2. The molecule has 0 unspecified atom stereocenters. The second kappa shape index (κ2) is 8.74. The van der Waals surface area contributed by atoms with E-state index in [1.54, 1.807) is 44.6 Å². The topological polar surface area (TPSA) is 84.3 Å². The third-order valence-corrected chi connectivity index (χ3v) is 3.42. The Kier molecular flexibility index (Phi) is 6.41. The van der Waals surface area contributed by atoms with Crippen molar-refractivity contribution in [2.75, 3.05) is 26.6 Å². The summed E-state index contributed by atoms with van der Waals surface area (Å²) >= 11 is 5.18. The molecular weight excluding hydrogens is 342 g/mol. The van der Waals surface area contributed by atoms with Gasteiger partial charge in [-0.15, -0.1) is 0 Å². The van der Waals surface area contributed by atoms with E-state index in [0.717, 1.165) is 5.69 Å². The maximum atomic E-state index is 9.72. The van der Waals surface area contributed by atoms with E-state index in [9.17, 15) is 5.11 Å². The maximum Gasteiger partial charge on any atom is 0.191 e. The molecule has 2 rings (SSSR count). The number of phenols is 1. The second-order valence-corrected chi connectivity index (χ2v) is 5.23. The summed E-state index contributed by atoms with van der Waals surface area (Å²) < 4.78 is 15.4. The van der Waals surface area contributed by atoms with E-state index in [0.29, 0.717) is 27.9 Å². The molecule has 132 valence electrons. The molecule has 25 heavy (non-hydrogen) atoms. The van der Waals surface area contributed by atoms with Crippen LogP contribution in [0.3, 0.4) is 0 Å². The molecule has 0 radical (unpaired) electrons. The average Bonchev–Trinajstić information content (AvgIpc) is 2.61. The first-order valence-electron chi connectivity index (χ1n) is 7.26. The van der Waals surface area contributed by atoms with Gasteiger partial charge in [-0.2, -0.15) is 5.10 Å². The van der Waals surface area contributed by atoms with Gasteiger partial charge in [0, 0.05) is 11.8 Å². The first-order valence-corrected chi connectivity index (χ1v) is 7.67. The van der Waals surface area contributed by atoms with Crippen molar-refractivity contribution in [1.29, 1.82) is 0 Å². The molecule has 8 heteroatoms. The fourth-order valence-corrected chi connectivity index (χ4v) is 2.20. The van der Waals surface area contributed by atoms with Crippen molar-refractivity contribution < 1.29 is 19.3 Å². The fraction of sp³-hybridized carbons (Fsp3) is 0.176. The number of rotatable bonds is 6. The molecule has 0 amide bonds. The number of hydrogen-bond donors (Lipinski definition) is 3. The number of benzene rings is 2. The van der Waals surface area contributed by atoms with E-state index in [1.807, 2.05) is 0 Å². The number of hydrogen-bond acceptors (Lipinski definition) is 6. The number of ether oxygens (including phenoxy) is 3. The molecule has 7 nitrogen and oxygen atoms in total. The number of methoxy groups -OCH3 is 3. The minimum Gasteiger partial charge on any atom is -0.504 e. The Labute approximate surface area is 151 Å². The average molecular weight is 361 g/mol. The summed E-state index contributed by atoms with van der Waals surface area (Å²) in [6, 6.07) is 10.3. The van der Waals surface area contributed by atoms with Crippen LogP contribution in [0.25, 0.3) is 0 Å². The van der Waals surface area contributed by atoms with Gasteiger partial charge in [0.05, 0.1) is 27.5 Å². The molecule has 2 aromatic rings. The van der Waals surface area contributed by atoms with E-state index in [1.165, 1.54) is 19.4 Å². The number of nitrogens with zero attached hydrogens (tertiary/aromatic N) is 1. The van der Waals surface area contributed by atoms with Crippen LogP contribution >= 0.6 is 12.2 Å². The van der Waals surface area contributed by atoms with Crippen LogP contribution in [0.15, 0.2) is 41.5 Å². The highest BCUT2D eigenvalue weighted by molar-refractivity contribution is 7.80. The third-order valence-electron chi connectivity index (χ3n) is 3.22. The number of hydrazone groups is 1. The summed E-state index contributed by atoms with van der Waals surface area (Å²) in [5.74, 6) is 1.66. The monoisotopic (exact) mass is 361 g/mol. The molecule has 0 aliphatic rings. The Morgan fingerprint density at radius 1 is 1.00 bits per heavy atom. The van der Waals surface area contributed by atoms with Crippen molar-refractivity contribution in [3.8, 4) is 23.0 Å². The first-order chi connectivity index (χ1) is 12.1. The van der Waals surface area contributed by atoms with E-state index < -0.39 is 0 Å². The zero-order valence-corrected chi connectivity index (χ0v) is 14.9. The normalized spacial score (nSPS) is 10.4. The lowest BCUT2D eigenvalue weighted by molar-refractivity contribution is 0.355. The van der Waals surface area contributed by atoms with Gasteiger partial charge >= 0.3 is 0 Å². The van der Waals surface area contributed by atoms with Crippen LogP contribution in [0.5, 0.6) is 23.0 Å². The minimum atomic E-state index is 0.0393. The molecule has 0 aliphatic carbocycles. The number of phenolic OH excluding ortho intramolecular Hbond substituents is 1. The summed E-state index contributed by atoms with van der Waals surface area (Å²) in [7, 11) is 4.62. The quantitative estimate of drug-likeness (QED) is 0.414. The third kappa shape index (κ3) is 4.98. The molecular formula is C17H19N3O4S. The van der Waals surface area contributed by atoms with Gasteiger partial charge in [-0.3, -0.25) is 5.43 Å². The first kappa shape index (κ1) is 18.3. The van der Waals surface area contributed by atoms with Crippen LogP contribution in [0, 0.1) is 0 Å². The van der Waals surface area contributed by atoms with Crippen LogP contribution in [0.2, 0.25) is 0 Å². The summed E-state index contributed by atoms with van der Waals surface area (Å²) in [6.07, 6.45) is 1.53. The molecule has 0 spiro atoms. The van der Waals surface area contributed by atoms with Gasteiger partial charge in [-0.1, -0.05) is 0 Å². The lowest BCUT2D eigenvalue weighted by Gasteiger charge is -2.11. The summed E-state index contributed by atoms with van der Waals surface area (Å²) in [5.41, 5.74) is 4.12. The predicted octanol–water partition coefficient (Wildman–Crippen LogP) is 2.74. The summed E-state index contributed by atoms with van der Waals surface area (Å²) in [5, 5.41) is 17.0. The standard InChI is InChI=1S/C17H19N3O4S/c1-22-14-6-4-11(8-13(14)21)10-18-20-17(25)19-12-5-7-15(23-2)16(9-12)24-3/h4-10,21H,1-3H3,(H2,19,20,25)/b18-10+. The summed E-state index contributed by atoms with van der Waals surface area (Å²) in [4.78, 5) is 0. The fourth-order valence-electron chi connectivity index (χ4n) is 2.03. The van der Waals surface area contributed by atoms with Crippen molar-refractivity contribution in [3.63, 3.8) is 0 Å². The number of anilines is 1. The predicted molar refractivity (Wildman–Crippen MR) is 101 cm³/mol. The van der Waals surface area contributed by atoms with E-state index >= 15 is 0 Å². The Morgan fingerprint density at radius 3 is 2.32 bits per heavy atom. The molecule has 0 aromatic heterocycles. The highest BCUT2D eigenvalue weighted by Gasteiger charge is 2.05. The zero-order valence-electron chi connectivity index (χ0n) is 14.1. The zero-order chi connectivity index (χ0) is 18.2. The Balaban J connectivity index is 1.95. The van der Waals surface area contributed by atoms with Gasteiger partial charge in [0.15, 0.2) is 28.1 Å². The Hall–Kier alpha value is -3.00. The van der Waals surface area contributed by atoms with Gasteiger partial charge in [-0.05, 0) is 48.1 Å². The lowest BCUT2D eigenvalue weighted by Crippen LogP contribution is -2.23.